The Morgan fingerprint density at radius 2 is 1.71 bits per heavy atom. The second-order valence-electron chi connectivity index (χ2n) is 7.77. The lowest BCUT2D eigenvalue weighted by Crippen LogP contribution is -2.44. The fourth-order valence-corrected chi connectivity index (χ4v) is 2.73. The van der Waals surface area contributed by atoms with E-state index in [2.05, 4.69) is 10.6 Å². The molecule has 0 saturated heterocycles. The van der Waals surface area contributed by atoms with Crippen molar-refractivity contribution in [3.8, 4) is 0 Å². The van der Waals surface area contributed by atoms with Gasteiger partial charge >= 0.3 is 12.2 Å². The molecule has 0 spiro atoms. The van der Waals surface area contributed by atoms with Crippen LogP contribution in [0.3, 0.4) is 0 Å². The third-order valence-corrected chi connectivity index (χ3v) is 5.27. The molecule has 2 aromatic rings. The molecule has 168 valence electrons. The molecule has 0 saturated carbocycles. The number of carbonyl (C=O) groups is 2. The SMILES string of the molecule is Cc1ccc(NC(=O)N(CCNC(=O)C(C)(C)CCl)c2cccc(C(F)(F)F)c2)cc1. The van der Waals surface area contributed by atoms with Crippen molar-refractivity contribution in [1.29, 1.82) is 0 Å². The van der Waals surface area contributed by atoms with Gasteiger partial charge in [-0.2, -0.15) is 13.2 Å². The number of aryl methyl sites for hydroxylation is 1. The van der Waals surface area contributed by atoms with Crippen molar-refractivity contribution < 1.29 is 22.8 Å². The van der Waals surface area contributed by atoms with Crippen molar-refractivity contribution in [2.24, 2.45) is 5.41 Å². The minimum Gasteiger partial charge on any atom is -0.354 e. The summed E-state index contributed by atoms with van der Waals surface area (Å²) < 4.78 is 39.5. The number of amides is 3. The molecule has 9 heteroatoms. The van der Waals surface area contributed by atoms with Gasteiger partial charge in [0.05, 0.1) is 11.0 Å². The minimum absolute atomic E-state index is 0.0384. The van der Waals surface area contributed by atoms with Crippen molar-refractivity contribution in [1.82, 2.24) is 5.32 Å². The molecule has 0 aliphatic rings. The first-order valence-electron chi connectivity index (χ1n) is 9.61. The highest BCUT2D eigenvalue weighted by molar-refractivity contribution is 6.19. The van der Waals surface area contributed by atoms with Crippen LogP contribution in [-0.2, 0) is 11.0 Å². The van der Waals surface area contributed by atoms with Crippen LogP contribution >= 0.6 is 11.6 Å². The van der Waals surface area contributed by atoms with Crippen LogP contribution in [0.1, 0.15) is 25.0 Å². The second kappa shape index (κ2) is 10.0. The predicted octanol–water partition coefficient (Wildman–Crippen LogP) is 5.43. The first-order valence-corrected chi connectivity index (χ1v) is 10.1. The Bertz CT molecular complexity index is 915. The summed E-state index contributed by atoms with van der Waals surface area (Å²) in [6, 6.07) is 10.9. The monoisotopic (exact) mass is 455 g/mol. The Labute approximate surface area is 184 Å². The lowest BCUT2D eigenvalue weighted by atomic mass is 9.95. The normalized spacial score (nSPS) is 11.7. The summed E-state index contributed by atoms with van der Waals surface area (Å²) in [7, 11) is 0. The predicted molar refractivity (Wildman–Crippen MR) is 116 cm³/mol. The molecule has 3 amide bonds. The molecule has 0 radical (unpaired) electrons. The van der Waals surface area contributed by atoms with Gasteiger partial charge in [-0.05, 0) is 51.1 Å². The highest BCUT2D eigenvalue weighted by atomic mass is 35.5. The van der Waals surface area contributed by atoms with E-state index in [9.17, 15) is 22.8 Å². The van der Waals surface area contributed by atoms with E-state index in [0.717, 1.165) is 22.6 Å². The number of nitrogens with zero attached hydrogens (tertiary/aromatic N) is 1. The number of hydrogen-bond donors (Lipinski definition) is 2. The Kier molecular flexibility index (Phi) is 7.95. The summed E-state index contributed by atoms with van der Waals surface area (Å²) in [5, 5.41) is 5.36. The summed E-state index contributed by atoms with van der Waals surface area (Å²) in [6.07, 6.45) is -4.55. The highest BCUT2D eigenvalue weighted by Gasteiger charge is 2.31. The summed E-state index contributed by atoms with van der Waals surface area (Å²) in [5.41, 5.74) is -0.125. The van der Waals surface area contributed by atoms with Gasteiger partial charge in [0.15, 0.2) is 0 Å². The van der Waals surface area contributed by atoms with Gasteiger partial charge in [-0.1, -0.05) is 23.8 Å². The van der Waals surface area contributed by atoms with Crippen LogP contribution in [0, 0.1) is 12.3 Å². The first kappa shape index (κ1) is 24.5. The first-order chi connectivity index (χ1) is 14.4. The van der Waals surface area contributed by atoms with Crippen LogP contribution in [0.15, 0.2) is 48.5 Å². The number of halogens is 4. The highest BCUT2D eigenvalue weighted by Crippen LogP contribution is 2.31. The largest absolute Gasteiger partial charge is 0.416 e. The molecule has 2 aromatic carbocycles. The zero-order valence-electron chi connectivity index (χ0n) is 17.5. The van der Waals surface area contributed by atoms with Gasteiger partial charge in [0, 0.05) is 30.3 Å². The number of urea groups is 1. The van der Waals surface area contributed by atoms with Crippen molar-refractivity contribution in [3.63, 3.8) is 0 Å². The lowest BCUT2D eigenvalue weighted by molar-refractivity contribution is -0.137. The topological polar surface area (TPSA) is 61.4 Å². The van der Waals surface area contributed by atoms with Crippen LogP contribution in [0.2, 0.25) is 0 Å². The molecule has 0 atom stereocenters. The summed E-state index contributed by atoms with van der Waals surface area (Å²) in [5.74, 6) is -0.213. The average Bonchev–Trinajstić information content (AvgIpc) is 2.72. The maximum absolute atomic E-state index is 13.2. The van der Waals surface area contributed by atoms with E-state index in [1.54, 1.807) is 38.1 Å². The number of anilines is 2. The van der Waals surface area contributed by atoms with Gasteiger partial charge in [0.2, 0.25) is 5.91 Å². The second-order valence-corrected chi connectivity index (χ2v) is 8.04. The number of rotatable bonds is 7. The van der Waals surface area contributed by atoms with Crippen molar-refractivity contribution >= 4 is 34.9 Å². The fraction of sp³-hybridized carbons (Fsp3) is 0.364. The quantitative estimate of drug-likeness (QED) is 0.546. The van der Waals surface area contributed by atoms with Gasteiger partial charge in [-0.15, -0.1) is 11.6 Å². The van der Waals surface area contributed by atoms with Gasteiger partial charge in [-0.3, -0.25) is 9.69 Å². The summed E-state index contributed by atoms with van der Waals surface area (Å²) in [6.45, 7) is 5.24. The van der Waals surface area contributed by atoms with Gasteiger partial charge < -0.3 is 10.6 Å². The van der Waals surface area contributed by atoms with E-state index >= 15 is 0 Å². The van der Waals surface area contributed by atoms with Gasteiger partial charge in [-0.25, -0.2) is 4.79 Å². The van der Waals surface area contributed by atoms with Gasteiger partial charge in [0.25, 0.3) is 0 Å². The zero-order chi connectivity index (χ0) is 23.2. The van der Waals surface area contributed by atoms with E-state index in [0.29, 0.717) is 5.69 Å². The third-order valence-electron chi connectivity index (χ3n) is 4.60. The Balaban J connectivity index is 2.23. The zero-order valence-corrected chi connectivity index (χ0v) is 18.3. The Morgan fingerprint density at radius 1 is 1.06 bits per heavy atom. The minimum atomic E-state index is -4.55. The maximum atomic E-state index is 13.2. The van der Waals surface area contributed by atoms with E-state index in [-0.39, 0.29) is 30.6 Å². The Hall–Kier alpha value is -2.74. The third kappa shape index (κ3) is 6.89. The number of alkyl halides is 4. The molecular formula is C22H25ClF3N3O2. The molecule has 2 rings (SSSR count). The number of nitrogens with one attached hydrogen (secondary N) is 2. The molecule has 0 bridgehead atoms. The number of carbonyl (C=O) groups excluding carboxylic acids is 2. The molecule has 0 fully saturated rings. The smallest absolute Gasteiger partial charge is 0.354 e. The van der Waals surface area contributed by atoms with Crippen molar-refractivity contribution in [2.45, 2.75) is 26.9 Å². The van der Waals surface area contributed by atoms with Crippen LogP contribution in [-0.4, -0.2) is 30.9 Å². The summed E-state index contributed by atoms with van der Waals surface area (Å²) >= 11 is 5.80. The lowest BCUT2D eigenvalue weighted by Gasteiger charge is -2.26. The van der Waals surface area contributed by atoms with Gasteiger partial charge in [0.1, 0.15) is 0 Å². The summed E-state index contributed by atoms with van der Waals surface area (Å²) in [4.78, 5) is 26.3. The number of benzene rings is 2. The van der Waals surface area contributed by atoms with Crippen molar-refractivity contribution in [2.75, 3.05) is 29.2 Å². The molecule has 5 nitrogen and oxygen atoms in total. The molecular weight excluding hydrogens is 431 g/mol. The van der Waals surface area contributed by atoms with Crippen LogP contribution in [0.4, 0.5) is 29.3 Å². The average molecular weight is 456 g/mol. The molecule has 0 aliphatic carbocycles. The number of hydrogen-bond acceptors (Lipinski definition) is 2. The molecule has 2 N–H and O–H groups in total. The Morgan fingerprint density at radius 3 is 2.29 bits per heavy atom. The molecule has 0 aliphatic heterocycles. The molecule has 0 heterocycles. The standard InChI is InChI=1S/C22H25ClF3N3O2/c1-15-7-9-17(10-8-15)28-20(31)29(12-11-27-19(30)21(2,3)14-23)18-6-4-5-16(13-18)22(24,25)26/h4-10,13H,11-12,14H2,1-3H3,(H,27,30)(H,28,31). The van der Waals surface area contributed by atoms with E-state index in [1.165, 1.54) is 12.1 Å². The fourth-order valence-electron chi connectivity index (χ4n) is 2.61. The van der Waals surface area contributed by atoms with E-state index in [4.69, 9.17) is 11.6 Å². The molecule has 0 aromatic heterocycles. The molecule has 0 unspecified atom stereocenters. The molecule has 31 heavy (non-hydrogen) atoms. The van der Waals surface area contributed by atoms with Crippen LogP contribution < -0.4 is 15.5 Å². The van der Waals surface area contributed by atoms with Crippen molar-refractivity contribution in [3.05, 3.63) is 59.7 Å². The van der Waals surface area contributed by atoms with Crippen LogP contribution in [0.5, 0.6) is 0 Å². The van der Waals surface area contributed by atoms with Crippen LogP contribution in [0.25, 0.3) is 0 Å². The van der Waals surface area contributed by atoms with E-state index < -0.39 is 23.2 Å². The van der Waals surface area contributed by atoms with E-state index in [1.807, 2.05) is 6.92 Å². The maximum Gasteiger partial charge on any atom is 0.416 e.